The van der Waals surface area contributed by atoms with E-state index in [0.29, 0.717) is 0 Å². The molecule has 0 unspecified atom stereocenters. The van der Waals surface area contributed by atoms with E-state index < -0.39 is 0 Å². The molecule has 0 N–H and O–H groups in total. The summed E-state index contributed by atoms with van der Waals surface area (Å²) in [6.07, 6.45) is 0. The predicted octanol–water partition coefficient (Wildman–Crippen LogP) is 2.59. The minimum absolute atomic E-state index is 1.05. The molecule has 2 aromatic rings. The van der Waals surface area contributed by atoms with Crippen molar-refractivity contribution in [2.45, 2.75) is 6.92 Å². The lowest BCUT2D eigenvalue weighted by Gasteiger charge is -2.02. The first-order chi connectivity index (χ1) is 7.22. The molecule has 0 radical (unpaired) electrons. The second-order valence-corrected chi connectivity index (χ2v) is 4.39. The zero-order valence-corrected chi connectivity index (χ0v) is 10.0. The normalized spacial score (nSPS) is 12.1. The van der Waals surface area contributed by atoms with Gasteiger partial charge in [-0.1, -0.05) is 29.8 Å². The first kappa shape index (κ1) is 10.2. The summed E-state index contributed by atoms with van der Waals surface area (Å²) in [5.41, 5.74) is 3.76. The van der Waals surface area contributed by atoms with Gasteiger partial charge in [0.1, 0.15) is 0 Å². The molecule has 0 aliphatic heterocycles. The molecule has 78 valence electrons. The van der Waals surface area contributed by atoms with Crippen LogP contribution in [-0.4, -0.2) is 11.6 Å². The Morgan fingerprint density at radius 2 is 1.87 bits per heavy atom. The van der Waals surface area contributed by atoms with Crippen molar-refractivity contribution in [2.24, 2.45) is 12.0 Å². The van der Waals surface area contributed by atoms with Crippen molar-refractivity contribution in [3.63, 3.8) is 0 Å². The van der Waals surface area contributed by atoms with Crippen LogP contribution in [-0.2, 0) is 7.05 Å². The van der Waals surface area contributed by atoms with Crippen molar-refractivity contribution in [1.82, 2.24) is 4.57 Å². The minimum atomic E-state index is 1.05. The van der Waals surface area contributed by atoms with Crippen molar-refractivity contribution in [3.05, 3.63) is 40.0 Å². The van der Waals surface area contributed by atoms with Crippen LogP contribution in [0, 0.1) is 6.92 Å². The quantitative estimate of drug-likeness (QED) is 0.700. The van der Waals surface area contributed by atoms with Crippen LogP contribution in [0.1, 0.15) is 5.56 Å². The summed E-state index contributed by atoms with van der Waals surface area (Å²) in [5.74, 6) is 0. The van der Waals surface area contributed by atoms with Gasteiger partial charge in [-0.05, 0) is 12.5 Å². The number of nitrogens with zero attached hydrogens (tertiary/aromatic N) is 2. The van der Waals surface area contributed by atoms with Gasteiger partial charge in [0, 0.05) is 19.5 Å². The van der Waals surface area contributed by atoms with E-state index in [1.165, 1.54) is 16.8 Å². The van der Waals surface area contributed by atoms with Crippen LogP contribution in [0.15, 0.2) is 34.6 Å². The molecule has 1 aromatic heterocycles. The average molecular weight is 218 g/mol. The van der Waals surface area contributed by atoms with Crippen LogP contribution in [0.3, 0.4) is 0 Å². The van der Waals surface area contributed by atoms with E-state index in [2.05, 4.69) is 46.1 Å². The Morgan fingerprint density at radius 3 is 2.40 bits per heavy atom. The predicted molar refractivity (Wildman–Crippen MR) is 65.0 cm³/mol. The fourth-order valence-corrected chi connectivity index (χ4v) is 2.43. The average Bonchev–Trinajstić information content (AvgIpc) is 2.61. The van der Waals surface area contributed by atoms with E-state index in [-0.39, 0.29) is 0 Å². The number of aryl methyl sites for hydroxylation is 1. The molecule has 2 rings (SSSR count). The highest BCUT2D eigenvalue weighted by molar-refractivity contribution is 7.07. The molecular weight excluding hydrogens is 204 g/mol. The summed E-state index contributed by atoms with van der Waals surface area (Å²) in [5, 5.41) is 2.15. The monoisotopic (exact) mass is 218 g/mol. The number of thiazole rings is 1. The summed E-state index contributed by atoms with van der Waals surface area (Å²) in [6.45, 7) is 2.10. The topological polar surface area (TPSA) is 17.3 Å². The molecule has 15 heavy (non-hydrogen) atoms. The molecule has 0 amide bonds. The maximum Gasteiger partial charge on any atom is 0.184 e. The summed E-state index contributed by atoms with van der Waals surface area (Å²) in [7, 11) is 3.87. The molecule has 0 fully saturated rings. The van der Waals surface area contributed by atoms with Gasteiger partial charge >= 0.3 is 0 Å². The van der Waals surface area contributed by atoms with Gasteiger partial charge in [-0.3, -0.25) is 4.99 Å². The fraction of sp³-hybridized carbons (Fsp3) is 0.250. The van der Waals surface area contributed by atoms with Gasteiger partial charge in [-0.15, -0.1) is 11.3 Å². The Hall–Kier alpha value is -1.35. The maximum atomic E-state index is 4.22. The molecule has 0 atom stereocenters. The summed E-state index contributed by atoms with van der Waals surface area (Å²) in [6, 6.07) is 8.57. The standard InChI is InChI=1S/C12H14N2S/c1-9-4-6-10(7-5-9)11-8-15-12(13-2)14(11)3/h4-8H,1-3H3. The number of aromatic nitrogens is 1. The highest BCUT2D eigenvalue weighted by Crippen LogP contribution is 2.19. The molecule has 0 spiro atoms. The Labute approximate surface area is 93.5 Å². The Bertz CT molecular complexity index is 517. The molecular formula is C12H14N2S. The van der Waals surface area contributed by atoms with E-state index in [0.717, 1.165) is 4.80 Å². The van der Waals surface area contributed by atoms with Gasteiger partial charge in [-0.25, -0.2) is 0 Å². The fourth-order valence-electron chi connectivity index (χ4n) is 1.56. The van der Waals surface area contributed by atoms with E-state index in [1.54, 1.807) is 11.3 Å². The molecule has 0 aliphatic carbocycles. The van der Waals surface area contributed by atoms with Crippen molar-refractivity contribution < 1.29 is 0 Å². The van der Waals surface area contributed by atoms with Gasteiger partial charge in [-0.2, -0.15) is 0 Å². The van der Waals surface area contributed by atoms with Gasteiger partial charge in [0.15, 0.2) is 4.80 Å². The van der Waals surface area contributed by atoms with Gasteiger partial charge in [0.05, 0.1) is 5.69 Å². The molecule has 3 heteroatoms. The van der Waals surface area contributed by atoms with E-state index in [1.807, 2.05) is 14.1 Å². The highest BCUT2D eigenvalue weighted by Gasteiger charge is 2.03. The number of hydrogen-bond donors (Lipinski definition) is 0. The SMILES string of the molecule is CN=c1scc(-c2ccc(C)cc2)n1C. The van der Waals surface area contributed by atoms with Gasteiger partial charge in [0.25, 0.3) is 0 Å². The summed E-state index contributed by atoms with van der Waals surface area (Å²) < 4.78 is 2.12. The summed E-state index contributed by atoms with van der Waals surface area (Å²) >= 11 is 1.67. The third-order valence-electron chi connectivity index (χ3n) is 2.46. The maximum absolute atomic E-state index is 4.22. The first-order valence-electron chi connectivity index (χ1n) is 4.87. The lowest BCUT2D eigenvalue weighted by atomic mass is 10.1. The van der Waals surface area contributed by atoms with Crippen LogP contribution in [0.2, 0.25) is 0 Å². The smallest absolute Gasteiger partial charge is 0.184 e. The van der Waals surface area contributed by atoms with Crippen molar-refractivity contribution in [3.8, 4) is 11.3 Å². The molecule has 0 bridgehead atoms. The number of rotatable bonds is 1. The highest BCUT2D eigenvalue weighted by atomic mass is 32.1. The molecule has 0 saturated carbocycles. The van der Waals surface area contributed by atoms with Crippen LogP contribution >= 0.6 is 11.3 Å². The lowest BCUT2D eigenvalue weighted by molar-refractivity contribution is 0.876. The van der Waals surface area contributed by atoms with Crippen LogP contribution in [0.5, 0.6) is 0 Å². The third-order valence-corrected chi connectivity index (χ3v) is 3.47. The number of hydrogen-bond acceptors (Lipinski definition) is 2. The Balaban J connectivity index is 2.55. The zero-order valence-electron chi connectivity index (χ0n) is 9.19. The Kier molecular flexibility index (Phi) is 2.73. The third kappa shape index (κ3) is 1.88. The van der Waals surface area contributed by atoms with Gasteiger partial charge < -0.3 is 4.57 Å². The van der Waals surface area contributed by atoms with E-state index in [4.69, 9.17) is 0 Å². The first-order valence-corrected chi connectivity index (χ1v) is 5.74. The van der Waals surface area contributed by atoms with E-state index >= 15 is 0 Å². The second-order valence-electron chi connectivity index (χ2n) is 3.55. The largest absolute Gasteiger partial charge is 0.320 e. The molecule has 0 aliphatic rings. The lowest BCUT2D eigenvalue weighted by Crippen LogP contribution is -2.10. The second kappa shape index (κ2) is 4.03. The Morgan fingerprint density at radius 1 is 1.20 bits per heavy atom. The zero-order chi connectivity index (χ0) is 10.8. The molecule has 1 heterocycles. The van der Waals surface area contributed by atoms with E-state index in [9.17, 15) is 0 Å². The summed E-state index contributed by atoms with van der Waals surface area (Å²) in [4.78, 5) is 5.26. The van der Waals surface area contributed by atoms with Crippen LogP contribution in [0.25, 0.3) is 11.3 Å². The van der Waals surface area contributed by atoms with Crippen LogP contribution in [0.4, 0.5) is 0 Å². The minimum Gasteiger partial charge on any atom is -0.320 e. The van der Waals surface area contributed by atoms with Crippen molar-refractivity contribution in [2.75, 3.05) is 7.05 Å². The molecule has 2 nitrogen and oxygen atoms in total. The molecule has 0 saturated heterocycles. The molecule has 1 aromatic carbocycles. The number of benzene rings is 1. The van der Waals surface area contributed by atoms with Crippen molar-refractivity contribution in [1.29, 1.82) is 0 Å². The van der Waals surface area contributed by atoms with Gasteiger partial charge in [0.2, 0.25) is 0 Å². The van der Waals surface area contributed by atoms with Crippen LogP contribution < -0.4 is 4.80 Å². The van der Waals surface area contributed by atoms with Crippen molar-refractivity contribution >= 4 is 11.3 Å².